The SMILES string of the molecule is CC/C=C\C/C=C\C/C=C\C/C=C\C/C=C\C/C=C\C/C=C\C/C=C\C/C=C\CCCC(=O)OCC(COC(=O)CCCCCCCCCCCCC)OC(=O)CCC/C=C\C/C=C\C/C=C\C/C=C\C/C=C\C/C=C\C/C=C\CC. The van der Waals surface area contributed by atoms with Crippen LogP contribution in [0.5, 0.6) is 0 Å². The maximum absolute atomic E-state index is 12.9. The first kappa shape index (κ1) is 75.2. The van der Waals surface area contributed by atoms with Crippen LogP contribution in [0.25, 0.3) is 0 Å². The van der Waals surface area contributed by atoms with Gasteiger partial charge in [0, 0.05) is 19.3 Å². The van der Waals surface area contributed by atoms with Crippen LogP contribution in [0.15, 0.2) is 194 Å². The van der Waals surface area contributed by atoms with Crippen LogP contribution < -0.4 is 0 Å². The predicted octanol–water partition coefficient (Wildman–Crippen LogP) is 22.2. The third-order valence-corrected chi connectivity index (χ3v) is 12.6. The molecule has 0 aliphatic carbocycles. The molecular weight excluding hydrogens is 997 g/mol. The summed E-state index contributed by atoms with van der Waals surface area (Å²) in [6.45, 7) is 6.29. The summed E-state index contributed by atoms with van der Waals surface area (Å²) in [5.74, 6) is -1.06. The Balaban J connectivity index is 4.53. The van der Waals surface area contributed by atoms with Crippen molar-refractivity contribution in [2.45, 2.75) is 245 Å². The Labute approximate surface area is 497 Å². The van der Waals surface area contributed by atoms with Gasteiger partial charge in [0.15, 0.2) is 6.10 Å². The van der Waals surface area contributed by atoms with E-state index >= 15 is 0 Å². The van der Waals surface area contributed by atoms with E-state index in [1.165, 1.54) is 51.4 Å². The van der Waals surface area contributed by atoms with E-state index in [1.54, 1.807) is 0 Å². The number of ether oxygens (including phenoxy) is 3. The second-order valence-electron chi connectivity index (χ2n) is 20.2. The molecule has 0 aliphatic rings. The standard InChI is InChI=1S/C75H114O6/c1-4-7-10-13-16-19-22-24-26-28-30-32-34-35-36-37-38-39-41-42-44-46-48-50-53-56-59-62-65-68-74(77)80-71-72(70-79-73(76)67-64-61-58-55-52-21-18-15-12-9-6-3)81-75(78)69-66-63-60-57-54-51-49-47-45-43-40-33-31-29-27-25-23-20-17-14-11-8-5-2/h7-8,10-11,16-17,19-20,24-27,30-33,35-36,38-39,42-45,48-51,56-57,59-60,72H,4-6,9,12-15,18,21-23,28-29,34,37,40-41,46-47,52-55,58,61-71H2,1-3H3/b10-7-,11-8-,19-16-,20-17-,26-24-,27-25-,32-30-,33-31-,36-35-,39-38-,44-42-,45-43-,50-48-,51-49-,59-56-,60-57-. The van der Waals surface area contributed by atoms with Gasteiger partial charge in [-0.1, -0.05) is 279 Å². The first-order valence-electron chi connectivity index (χ1n) is 31.9. The summed E-state index contributed by atoms with van der Waals surface area (Å²) in [5.41, 5.74) is 0. The van der Waals surface area contributed by atoms with Gasteiger partial charge in [0.05, 0.1) is 0 Å². The van der Waals surface area contributed by atoms with Crippen molar-refractivity contribution in [3.8, 4) is 0 Å². The molecule has 0 saturated carbocycles. The Morgan fingerprint density at radius 2 is 0.481 bits per heavy atom. The van der Waals surface area contributed by atoms with Gasteiger partial charge in [0.1, 0.15) is 13.2 Å². The highest BCUT2D eigenvalue weighted by Gasteiger charge is 2.19. The number of hydrogen-bond donors (Lipinski definition) is 0. The predicted molar refractivity (Wildman–Crippen MR) is 352 cm³/mol. The van der Waals surface area contributed by atoms with E-state index < -0.39 is 6.10 Å². The molecule has 0 rings (SSSR count). The van der Waals surface area contributed by atoms with Crippen molar-refractivity contribution < 1.29 is 28.6 Å². The minimum absolute atomic E-state index is 0.128. The van der Waals surface area contributed by atoms with E-state index in [-0.39, 0.29) is 44.0 Å². The van der Waals surface area contributed by atoms with Gasteiger partial charge in [-0.15, -0.1) is 0 Å². The summed E-state index contributed by atoms with van der Waals surface area (Å²) in [6.07, 6.45) is 102. The van der Waals surface area contributed by atoms with Crippen LogP contribution in [0.4, 0.5) is 0 Å². The molecule has 81 heavy (non-hydrogen) atoms. The Morgan fingerprint density at radius 1 is 0.259 bits per heavy atom. The minimum atomic E-state index is -0.843. The lowest BCUT2D eigenvalue weighted by atomic mass is 10.1. The molecule has 0 fully saturated rings. The fourth-order valence-electron chi connectivity index (χ4n) is 7.90. The molecule has 1 unspecified atom stereocenters. The largest absolute Gasteiger partial charge is 0.462 e. The van der Waals surface area contributed by atoms with E-state index in [2.05, 4.69) is 215 Å². The lowest BCUT2D eigenvalue weighted by molar-refractivity contribution is -0.167. The third kappa shape index (κ3) is 64.9. The van der Waals surface area contributed by atoms with E-state index in [4.69, 9.17) is 14.2 Å². The first-order valence-corrected chi connectivity index (χ1v) is 31.9. The van der Waals surface area contributed by atoms with Gasteiger partial charge in [-0.25, -0.2) is 0 Å². The van der Waals surface area contributed by atoms with Crippen LogP contribution in [0.1, 0.15) is 239 Å². The number of carbonyl (C=O) groups excluding carboxylic acids is 3. The Kier molecular flexibility index (Phi) is 62.0. The zero-order valence-electron chi connectivity index (χ0n) is 51.5. The molecule has 0 saturated heterocycles. The van der Waals surface area contributed by atoms with Gasteiger partial charge in [-0.2, -0.15) is 0 Å². The summed E-state index contributed by atoms with van der Waals surface area (Å²) in [4.78, 5) is 38.2. The molecular formula is C75H114O6. The van der Waals surface area contributed by atoms with Crippen molar-refractivity contribution in [3.05, 3.63) is 194 Å². The van der Waals surface area contributed by atoms with Gasteiger partial charge in [0.2, 0.25) is 0 Å². The molecule has 0 spiro atoms. The molecule has 6 nitrogen and oxygen atoms in total. The first-order chi connectivity index (χ1) is 40.0. The molecule has 0 bridgehead atoms. The molecule has 0 aliphatic heterocycles. The lowest BCUT2D eigenvalue weighted by Gasteiger charge is -2.18. The summed E-state index contributed by atoms with van der Waals surface area (Å²) >= 11 is 0. The highest BCUT2D eigenvalue weighted by molar-refractivity contribution is 5.71. The summed E-state index contributed by atoms with van der Waals surface area (Å²) < 4.78 is 16.8. The van der Waals surface area contributed by atoms with Crippen molar-refractivity contribution >= 4 is 17.9 Å². The van der Waals surface area contributed by atoms with Crippen molar-refractivity contribution in [1.29, 1.82) is 0 Å². The average Bonchev–Trinajstić information content (AvgIpc) is 3.47. The summed E-state index contributed by atoms with van der Waals surface area (Å²) in [6, 6.07) is 0. The maximum Gasteiger partial charge on any atom is 0.306 e. The highest BCUT2D eigenvalue weighted by Crippen LogP contribution is 2.13. The molecule has 6 heteroatoms. The van der Waals surface area contributed by atoms with Crippen LogP contribution >= 0.6 is 0 Å². The molecule has 0 aromatic rings. The topological polar surface area (TPSA) is 78.9 Å². The van der Waals surface area contributed by atoms with Gasteiger partial charge in [-0.3, -0.25) is 14.4 Å². The highest BCUT2D eigenvalue weighted by atomic mass is 16.6. The number of esters is 3. The van der Waals surface area contributed by atoms with Crippen molar-refractivity contribution in [3.63, 3.8) is 0 Å². The average molecular weight is 1110 g/mol. The molecule has 450 valence electrons. The Bertz CT molecular complexity index is 1950. The van der Waals surface area contributed by atoms with Crippen LogP contribution in [-0.4, -0.2) is 37.2 Å². The fraction of sp³-hybridized carbons (Fsp3) is 0.533. The second-order valence-corrected chi connectivity index (χ2v) is 20.2. The van der Waals surface area contributed by atoms with Crippen molar-refractivity contribution in [1.82, 2.24) is 0 Å². The summed E-state index contributed by atoms with van der Waals surface area (Å²) in [7, 11) is 0. The molecule has 0 aromatic heterocycles. The quantitative estimate of drug-likeness (QED) is 0.0261. The second kappa shape index (κ2) is 66.8. The number of rotatable bonds is 55. The molecule has 0 radical (unpaired) electrons. The van der Waals surface area contributed by atoms with Gasteiger partial charge in [-0.05, 0) is 135 Å². The van der Waals surface area contributed by atoms with Gasteiger partial charge >= 0.3 is 17.9 Å². The molecule has 0 heterocycles. The van der Waals surface area contributed by atoms with E-state index in [0.29, 0.717) is 19.3 Å². The van der Waals surface area contributed by atoms with Crippen LogP contribution in [0.3, 0.4) is 0 Å². The molecule has 1 atom stereocenters. The number of hydrogen-bond acceptors (Lipinski definition) is 6. The number of allylic oxidation sites excluding steroid dienone is 32. The fourth-order valence-corrected chi connectivity index (χ4v) is 7.90. The number of carbonyl (C=O) groups is 3. The summed E-state index contributed by atoms with van der Waals surface area (Å²) in [5, 5.41) is 0. The minimum Gasteiger partial charge on any atom is -0.462 e. The molecule has 0 aromatic carbocycles. The molecule has 0 amide bonds. The maximum atomic E-state index is 12.9. The zero-order chi connectivity index (χ0) is 58.5. The Morgan fingerprint density at radius 3 is 0.753 bits per heavy atom. The number of unbranched alkanes of at least 4 members (excludes halogenated alkanes) is 12. The smallest absolute Gasteiger partial charge is 0.306 e. The van der Waals surface area contributed by atoms with Gasteiger partial charge in [0.25, 0.3) is 0 Å². The van der Waals surface area contributed by atoms with E-state index in [0.717, 1.165) is 135 Å². The van der Waals surface area contributed by atoms with Crippen molar-refractivity contribution in [2.24, 2.45) is 0 Å². The normalized spacial score (nSPS) is 13.5. The lowest BCUT2D eigenvalue weighted by Crippen LogP contribution is -2.30. The van der Waals surface area contributed by atoms with E-state index in [1.807, 2.05) is 0 Å². The van der Waals surface area contributed by atoms with Crippen LogP contribution in [0.2, 0.25) is 0 Å². The Hall–Kier alpha value is -5.75. The third-order valence-electron chi connectivity index (χ3n) is 12.6. The zero-order valence-corrected chi connectivity index (χ0v) is 51.5. The van der Waals surface area contributed by atoms with E-state index in [9.17, 15) is 14.4 Å². The van der Waals surface area contributed by atoms with Crippen molar-refractivity contribution in [2.75, 3.05) is 13.2 Å². The van der Waals surface area contributed by atoms with Crippen LogP contribution in [-0.2, 0) is 28.6 Å². The van der Waals surface area contributed by atoms with Gasteiger partial charge < -0.3 is 14.2 Å². The monoisotopic (exact) mass is 1110 g/mol. The van der Waals surface area contributed by atoms with Crippen LogP contribution in [0, 0.1) is 0 Å². The molecule has 0 N–H and O–H groups in total.